The molecule has 3 N–H and O–H groups in total. The van der Waals surface area contributed by atoms with Gasteiger partial charge >= 0.3 is 0 Å². The van der Waals surface area contributed by atoms with E-state index < -0.39 is 10.0 Å². The highest BCUT2D eigenvalue weighted by Gasteiger charge is 2.13. The van der Waals surface area contributed by atoms with Gasteiger partial charge in [0, 0.05) is 11.7 Å². The van der Waals surface area contributed by atoms with Gasteiger partial charge in [-0.1, -0.05) is 0 Å². The van der Waals surface area contributed by atoms with Crippen LogP contribution >= 0.6 is 11.8 Å². The molecule has 0 spiro atoms. The summed E-state index contributed by atoms with van der Waals surface area (Å²) in [5.74, 6) is 2.37. The van der Waals surface area contributed by atoms with Gasteiger partial charge in [0.25, 0.3) is 0 Å². The van der Waals surface area contributed by atoms with Gasteiger partial charge in [-0.3, -0.25) is 0 Å². The fourth-order valence-electron chi connectivity index (χ4n) is 1.82. The Balaban J connectivity index is 2.03. The number of nitrogens with one attached hydrogen (secondary N) is 1. The highest BCUT2D eigenvalue weighted by molar-refractivity contribution is 7.99. The fourth-order valence-corrected chi connectivity index (χ4v) is 3.44. The minimum Gasteiger partial charge on any atom is -0.382 e. The Labute approximate surface area is 106 Å². The maximum atomic E-state index is 11.1. The highest BCUT2D eigenvalue weighted by Crippen LogP contribution is 2.21. The summed E-state index contributed by atoms with van der Waals surface area (Å²) in [6.45, 7) is 0. The highest BCUT2D eigenvalue weighted by atomic mass is 32.2. The first kappa shape index (κ1) is 12.7. The number of hydrogen-bond donors (Lipinski definition) is 2. The van der Waals surface area contributed by atoms with Crippen LogP contribution in [0.3, 0.4) is 0 Å². The Bertz CT molecular complexity index is 465. The summed E-state index contributed by atoms with van der Waals surface area (Å²) in [6, 6.07) is 7.10. The van der Waals surface area contributed by atoms with E-state index in [4.69, 9.17) is 5.14 Å². The van der Waals surface area contributed by atoms with Crippen molar-refractivity contribution in [1.82, 2.24) is 0 Å². The van der Waals surface area contributed by atoms with Gasteiger partial charge in [-0.25, -0.2) is 13.6 Å². The molecule has 1 aliphatic heterocycles. The Kier molecular flexibility index (Phi) is 3.96. The zero-order valence-corrected chi connectivity index (χ0v) is 11.1. The Morgan fingerprint density at radius 3 is 2.29 bits per heavy atom. The molecule has 0 aromatic heterocycles. The van der Waals surface area contributed by atoms with Gasteiger partial charge in [-0.15, -0.1) is 0 Å². The van der Waals surface area contributed by atoms with Crippen LogP contribution in [0, 0.1) is 0 Å². The van der Waals surface area contributed by atoms with Gasteiger partial charge in [-0.05, 0) is 48.6 Å². The zero-order chi connectivity index (χ0) is 12.3. The van der Waals surface area contributed by atoms with E-state index in [1.54, 1.807) is 12.1 Å². The van der Waals surface area contributed by atoms with E-state index >= 15 is 0 Å². The number of nitrogens with two attached hydrogens (primary N) is 1. The van der Waals surface area contributed by atoms with Crippen molar-refractivity contribution in [2.45, 2.75) is 23.8 Å². The molecule has 4 nitrogen and oxygen atoms in total. The lowest BCUT2D eigenvalue weighted by atomic mass is 10.1. The van der Waals surface area contributed by atoms with Crippen LogP contribution in [0.4, 0.5) is 5.69 Å². The van der Waals surface area contributed by atoms with Crippen LogP contribution in [0.2, 0.25) is 0 Å². The third kappa shape index (κ3) is 3.62. The number of benzene rings is 1. The van der Waals surface area contributed by atoms with E-state index in [9.17, 15) is 8.42 Å². The second-order valence-corrected chi connectivity index (χ2v) is 6.89. The summed E-state index contributed by atoms with van der Waals surface area (Å²) in [4.78, 5) is 0.155. The van der Waals surface area contributed by atoms with E-state index in [2.05, 4.69) is 5.32 Å². The molecule has 2 rings (SSSR count). The largest absolute Gasteiger partial charge is 0.382 e. The number of anilines is 1. The summed E-state index contributed by atoms with van der Waals surface area (Å²) in [5, 5.41) is 8.45. The van der Waals surface area contributed by atoms with Gasteiger partial charge in [0.1, 0.15) is 0 Å². The van der Waals surface area contributed by atoms with E-state index in [0.717, 1.165) is 18.5 Å². The number of hydrogen-bond acceptors (Lipinski definition) is 4. The van der Waals surface area contributed by atoms with Crippen LogP contribution < -0.4 is 10.5 Å². The fraction of sp³-hybridized carbons (Fsp3) is 0.455. The minimum absolute atomic E-state index is 0.155. The molecule has 0 saturated carbocycles. The van der Waals surface area contributed by atoms with Gasteiger partial charge in [0.15, 0.2) is 0 Å². The SMILES string of the molecule is NS(=O)(=O)c1ccc(NC2CCSCC2)cc1. The molecule has 17 heavy (non-hydrogen) atoms. The molecule has 1 aromatic rings. The molecule has 1 aromatic carbocycles. The average Bonchev–Trinajstić information content (AvgIpc) is 2.30. The quantitative estimate of drug-likeness (QED) is 0.877. The summed E-state index contributed by atoms with van der Waals surface area (Å²) in [7, 11) is -3.58. The first-order valence-electron chi connectivity index (χ1n) is 5.53. The van der Waals surface area contributed by atoms with E-state index in [-0.39, 0.29) is 4.90 Å². The Morgan fingerprint density at radius 1 is 1.18 bits per heavy atom. The number of rotatable bonds is 3. The molecule has 0 radical (unpaired) electrons. The normalized spacial score (nSPS) is 17.9. The number of thioether (sulfide) groups is 1. The maximum Gasteiger partial charge on any atom is 0.238 e. The first-order chi connectivity index (χ1) is 8.05. The molecule has 1 heterocycles. The number of primary sulfonamides is 1. The van der Waals surface area contributed by atoms with Crippen molar-refractivity contribution in [3.05, 3.63) is 24.3 Å². The van der Waals surface area contributed by atoms with Gasteiger partial charge in [-0.2, -0.15) is 11.8 Å². The van der Waals surface area contributed by atoms with Gasteiger partial charge in [0.05, 0.1) is 4.90 Å². The third-order valence-electron chi connectivity index (χ3n) is 2.77. The van der Waals surface area contributed by atoms with Gasteiger partial charge in [0.2, 0.25) is 10.0 Å². The average molecular weight is 272 g/mol. The summed E-state index contributed by atoms with van der Waals surface area (Å²) in [6.07, 6.45) is 2.31. The van der Waals surface area contributed by atoms with Crippen LogP contribution in [0.5, 0.6) is 0 Å². The van der Waals surface area contributed by atoms with Crippen molar-refractivity contribution in [1.29, 1.82) is 0 Å². The van der Waals surface area contributed by atoms with Crippen LogP contribution in [-0.4, -0.2) is 26.0 Å². The second-order valence-electron chi connectivity index (χ2n) is 4.10. The molecule has 6 heteroatoms. The van der Waals surface area contributed by atoms with Crippen LogP contribution in [-0.2, 0) is 10.0 Å². The summed E-state index contributed by atoms with van der Waals surface area (Å²) in [5.41, 5.74) is 0.953. The lowest BCUT2D eigenvalue weighted by Gasteiger charge is -2.23. The maximum absolute atomic E-state index is 11.1. The Hall–Kier alpha value is -0.720. The smallest absolute Gasteiger partial charge is 0.238 e. The van der Waals surface area contributed by atoms with E-state index in [1.165, 1.54) is 23.6 Å². The molecule has 94 valence electrons. The van der Waals surface area contributed by atoms with Crippen molar-refractivity contribution >= 4 is 27.5 Å². The van der Waals surface area contributed by atoms with E-state index in [0.29, 0.717) is 6.04 Å². The zero-order valence-electron chi connectivity index (χ0n) is 9.43. The molecule has 0 unspecified atom stereocenters. The monoisotopic (exact) mass is 272 g/mol. The van der Waals surface area contributed by atoms with Crippen molar-refractivity contribution in [2.24, 2.45) is 5.14 Å². The van der Waals surface area contributed by atoms with Crippen molar-refractivity contribution in [3.63, 3.8) is 0 Å². The standard InChI is InChI=1S/C11H16N2O2S2/c12-17(14,15)11-3-1-9(2-4-11)13-10-5-7-16-8-6-10/h1-4,10,13H,5-8H2,(H2,12,14,15). The topological polar surface area (TPSA) is 72.2 Å². The van der Waals surface area contributed by atoms with Crippen LogP contribution in [0.15, 0.2) is 29.2 Å². The molecule has 0 atom stereocenters. The lowest BCUT2D eigenvalue weighted by molar-refractivity contribution is 0.598. The van der Waals surface area contributed by atoms with Crippen LogP contribution in [0.25, 0.3) is 0 Å². The number of sulfonamides is 1. The van der Waals surface area contributed by atoms with E-state index in [1.807, 2.05) is 11.8 Å². The molecule has 0 bridgehead atoms. The first-order valence-corrected chi connectivity index (χ1v) is 8.23. The molecular weight excluding hydrogens is 256 g/mol. The predicted molar refractivity (Wildman–Crippen MR) is 71.8 cm³/mol. The molecule has 1 saturated heterocycles. The van der Waals surface area contributed by atoms with Crippen molar-refractivity contribution in [3.8, 4) is 0 Å². The van der Waals surface area contributed by atoms with Crippen molar-refractivity contribution < 1.29 is 8.42 Å². The molecular formula is C11H16N2O2S2. The Morgan fingerprint density at radius 2 is 1.76 bits per heavy atom. The van der Waals surface area contributed by atoms with Crippen molar-refractivity contribution in [2.75, 3.05) is 16.8 Å². The second kappa shape index (κ2) is 5.29. The van der Waals surface area contributed by atoms with Gasteiger partial charge < -0.3 is 5.32 Å². The predicted octanol–water partition coefficient (Wildman–Crippen LogP) is 1.64. The summed E-state index contributed by atoms with van der Waals surface area (Å²) >= 11 is 1.98. The molecule has 0 amide bonds. The lowest BCUT2D eigenvalue weighted by Crippen LogP contribution is -2.24. The van der Waals surface area contributed by atoms with Crippen LogP contribution in [0.1, 0.15) is 12.8 Å². The summed E-state index contributed by atoms with van der Waals surface area (Å²) < 4.78 is 22.2. The molecule has 0 aliphatic carbocycles. The minimum atomic E-state index is -3.58. The molecule has 1 fully saturated rings. The third-order valence-corrected chi connectivity index (χ3v) is 4.75. The molecule has 1 aliphatic rings.